The van der Waals surface area contributed by atoms with E-state index in [1.54, 1.807) is 20.8 Å². The molecule has 0 radical (unpaired) electrons. The molecule has 0 aliphatic carbocycles. The first-order valence-corrected chi connectivity index (χ1v) is 6.51. The maximum absolute atomic E-state index is 12.7. The molecule has 6 nitrogen and oxygen atoms in total. The molecule has 0 N–H and O–H groups in total. The summed E-state index contributed by atoms with van der Waals surface area (Å²) in [6, 6.07) is 3.04. The smallest absolute Gasteiger partial charge is 0.375 e. The number of benzene rings is 1. The van der Waals surface area contributed by atoms with Crippen molar-refractivity contribution >= 4 is 5.69 Å². The molecule has 23 heavy (non-hydrogen) atoms. The van der Waals surface area contributed by atoms with Gasteiger partial charge in [-0.15, -0.1) is 4.74 Å². The predicted octanol–water partition coefficient (Wildman–Crippen LogP) is 3.66. The highest BCUT2D eigenvalue weighted by molar-refractivity contribution is 5.54. The number of aromatic nitrogens is 1. The van der Waals surface area contributed by atoms with Crippen LogP contribution in [0, 0.1) is 10.1 Å². The van der Waals surface area contributed by atoms with E-state index in [4.69, 9.17) is 4.52 Å². The van der Waals surface area contributed by atoms with Crippen molar-refractivity contribution in [3.63, 3.8) is 0 Å². The van der Waals surface area contributed by atoms with E-state index in [1.165, 1.54) is 0 Å². The van der Waals surface area contributed by atoms with Crippen LogP contribution in [0.25, 0.3) is 5.69 Å². The van der Waals surface area contributed by atoms with E-state index in [0.717, 1.165) is 12.1 Å². The zero-order chi connectivity index (χ0) is 17.6. The van der Waals surface area contributed by atoms with Crippen molar-refractivity contribution in [3.05, 3.63) is 56.1 Å². The third-order valence-electron chi connectivity index (χ3n) is 3.10. The highest BCUT2D eigenvalue weighted by Crippen LogP contribution is 2.34. The normalized spacial score (nSPS) is 12.4. The van der Waals surface area contributed by atoms with Gasteiger partial charge in [0.1, 0.15) is 5.76 Å². The van der Waals surface area contributed by atoms with Crippen molar-refractivity contribution in [2.24, 2.45) is 0 Å². The first kappa shape index (κ1) is 16.8. The second-order valence-corrected chi connectivity index (χ2v) is 5.94. The number of nitrogens with zero attached hydrogens (tertiary/aromatic N) is 2. The fourth-order valence-corrected chi connectivity index (χ4v) is 1.88. The molecule has 0 bridgehead atoms. The van der Waals surface area contributed by atoms with Crippen molar-refractivity contribution < 1.29 is 22.6 Å². The van der Waals surface area contributed by atoms with Crippen LogP contribution in [0.2, 0.25) is 0 Å². The number of hydrogen-bond acceptors (Lipinski definition) is 4. The van der Waals surface area contributed by atoms with Gasteiger partial charge < -0.3 is 4.52 Å². The number of nitro groups is 1. The van der Waals surface area contributed by atoms with Gasteiger partial charge in [0.25, 0.3) is 11.2 Å². The molecule has 0 fully saturated rings. The van der Waals surface area contributed by atoms with Gasteiger partial charge in [0.05, 0.1) is 10.5 Å². The molecular formula is C14H13F3N2O4. The Bertz CT molecular complexity index is 813. The molecule has 0 amide bonds. The molecule has 2 rings (SSSR count). The molecule has 0 unspecified atom stereocenters. The second-order valence-electron chi connectivity index (χ2n) is 5.94. The van der Waals surface area contributed by atoms with Crippen molar-refractivity contribution in [2.45, 2.75) is 32.4 Å². The van der Waals surface area contributed by atoms with Crippen LogP contribution in [0.4, 0.5) is 18.9 Å². The molecule has 0 aliphatic heterocycles. The molecule has 1 heterocycles. The monoisotopic (exact) mass is 330 g/mol. The zero-order valence-corrected chi connectivity index (χ0v) is 12.5. The van der Waals surface area contributed by atoms with Gasteiger partial charge in [0.2, 0.25) is 0 Å². The summed E-state index contributed by atoms with van der Waals surface area (Å²) in [4.78, 5) is 22.0. The molecule has 2 aromatic rings. The van der Waals surface area contributed by atoms with Gasteiger partial charge in [-0.25, -0.2) is 0 Å². The van der Waals surface area contributed by atoms with Crippen LogP contribution >= 0.6 is 0 Å². The van der Waals surface area contributed by atoms with Crippen molar-refractivity contribution in [1.29, 1.82) is 0 Å². The Kier molecular flexibility index (Phi) is 3.83. The van der Waals surface area contributed by atoms with E-state index in [2.05, 4.69) is 0 Å². The Labute approximate surface area is 128 Å². The summed E-state index contributed by atoms with van der Waals surface area (Å²) in [5, 5.41) is 11.1. The van der Waals surface area contributed by atoms with Crippen molar-refractivity contribution in [2.75, 3.05) is 0 Å². The van der Waals surface area contributed by atoms with Crippen LogP contribution in [0.1, 0.15) is 32.1 Å². The lowest BCUT2D eigenvalue weighted by molar-refractivity contribution is -0.385. The maximum Gasteiger partial charge on any atom is 0.416 e. The van der Waals surface area contributed by atoms with Gasteiger partial charge in [0.15, 0.2) is 5.69 Å². The van der Waals surface area contributed by atoms with E-state index < -0.39 is 33.3 Å². The van der Waals surface area contributed by atoms with Crippen molar-refractivity contribution in [1.82, 2.24) is 4.74 Å². The molecule has 0 atom stereocenters. The summed E-state index contributed by atoms with van der Waals surface area (Å²) in [7, 11) is 0. The minimum Gasteiger partial charge on any atom is -0.375 e. The van der Waals surface area contributed by atoms with Crippen LogP contribution in [0.15, 0.2) is 33.6 Å². The standard InChI is InChI=1S/C14H13F3N2O4/c1-13(2,3)11-7-12(20)18(23-11)9-5-4-8(14(15,16)17)6-10(9)19(21)22/h4-7H,1-3H3. The van der Waals surface area contributed by atoms with Crippen molar-refractivity contribution in [3.8, 4) is 5.69 Å². The lowest BCUT2D eigenvalue weighted by Crippen LogP contribution is -2.14. The Morgan fingerprint density at radius 1 is 1.17 bits per heavy atom. The van der Waals surface area contributed by atoms with E-state index in [-0.39, 0.29) is 11.4 Å². The topological polar surface area (TPSA) is 78.3 Å². The molecule has 1 aromatic carbocycles. The summed E-state index contributed by atoms with van der Waals surface area (Å²) in [5.41, 5.74) is -3.63. The average molecular weight is 330 g/mol. The summed E-state index contributed by atoms with van der Waals surface area (Å²) >= 11 is 0. The highest BCUT2D eigenvalue weighted by Gasteiger charge is 2.34. The molecular weight excluding hydrogens is 317 g/mol. The SMILES string of the molecule is CC(C)(C)c1cc(=O)n(-c2ccc(C(F)(F)F)cc2[N+](=O)[O-])o1. The Morgan fingerprint density at radius 2 is 1.78 bits per heavy atom. The van der Waals surface area contributed by atoms with Gasteiger partial charge in [-0.3, -0.25) is 14.9 Å². The third kappa shape index (κ3) is 3.27. The average Bonchev–Trinajstić information content (AvgIpc) is 2.79. The van der Waals surface area contributed by atoms with Crippen LogP contribution in [-0.4, -0.2) is 9.66 Å². The minimum absolute atomic E-state index is 0.261. The molecule has 124 valence electrons. The van der Waals surface area contributed by atoms with E-state index >= 15 is 0 Å². The maximum atomic E-state index is 12.7. The predicted molar refractivity (Wildman–Crippen MR) is 74.7 cm³/mol. The first-order valence-electron chi connectivity index (χ1n) is 6.51. The molecule has 1 aromatic heterocycles. The van der Waals surface area contributed by atoms with E-state index in [0.29, 0.717) is 16.9 Å². The van der Waals surface area contributed by atoms with E-state index in [1.807, 2.05) is 0 Å². The Morgan fingerprint density at radius 3 is 2.22 bits per heavy atom. The number of nitro benzene ring substituents is 1. The molecule has 0 spiro atoms. The summed E-state index contributed by atoms with van der Waals surface area (Å²) in [5.74, 6) is 0.261. The molecule has 0 saturated heterocycles. The summed E-state index contributed by atoms with van der Waals surface area (Å²) < 4.78 is 44.0. The summed E-state index contributed by atoms with van der Waals surface area (Å²) in [6.07, 6.45) is -4.73. The molecule has 9 heteroatoms. The number of halogens is 3. The van der Waals surface area contributed by atoms with Crippen LogP contribution in [0.5, 0.6) is 0 Å². The number of hydrogen-bond donors (Lipinski definition) is 0. The first-order chi connectivity index (χ1) is 10.4. The summed E-state index contributed by atoms with van der Waals surface area (Å²) in [6.45, 7) is 5.28. The Balaban J connectivity index is 2.67. The largest absolute Gasteiger partial charge is 0.416 e. The minimum atomic E-state index is -4.73. The van der Waals surface area contributed by atoms with Crippen LogP contribution in [-0.2, 0) is 11.6 Å². The highest BCUT2D eigenvalue weighted by atomic mass is 19.4. The lowest BCUT2D eigenvalue weighted by atomic mass is 9.94. The Hall–Kier alpha value is -2.58. The molecule has 0 aliphatic rings. The van der Waals surface area contributed by atoms with Crippen LogP contribution in [0.3, 0.4) is 0 Å². The lowest BCUT2D eigenvalue weighted by Gasteiger charge is -2.13. The van der Waals surface area contributed by atoms with Gasteiger partial charge in [-0.2, -0.15) is 13.2 Å². The zero-order valence-electron chi connectivity index (χ0n) is 12.5. The van der Waals surface area contributed by atoms with Crippen LogP contribution < -0.4 is 5.56 Å². The van der Waals surface area contributed by atoms with Gasteiger partial charge in [-0.05, 0) is 12.1 Å². The van der Waals surface area contributed by atoms with Gasteiger partial charge >= 0.3 is 6.18 Å². The second kappa shape index (κ2) is 5.25. The number of rotatable bonds is 2. The fraction of sp³-hybridized carbons (Fsp3) is 0.357. The van der Waals surface area contributed by atoms with Gasteiger partial charge in [0, 0.05) is 17.5 Å². The third-order valence-corrected chi connectivity index (χ3v) is 3.10. The number of alkyl halides is 3. The fourth-order valence-electron chi connectivity index (χ4n) is 1.88. The van der Waals surface area contributed by atoms with E-state index in [9.17, 15) is 28.1 Å². The quantitative estimate of drug-likeness (QED) is 0.622. The van der Waals surface area contributed by atoms with Gasteiger partial charge in [-0.1, -0.05) is 20.8 Å². The molecule has 0 saturated carbocycles.